The van der Waals surface area contributed by atoms with E-state index in [1.807, 2.05) is 53.2 Å². The first-order valence-electron chi connectivity index (χ1n) is 13.7. The molecule has 12 nitrogen and oxygen atoms in total. The minimum atomic E-state index is -1.52. The Bertz CT molecular complexity index is 1210. The van der Waals surface area contributed by atoms with Crippen LogP contribution in [0.2, 0.25) is 0 Å². The number of aryl methyl sites for hydroxylation is 2. The van der Waals surface area contributed by atoms with E-state index >= 15 is 0 Å². The summed E-state index contributed by atoms with van der Waals surface area (Å²) in [5, 5.41) is 72.0. The van der Waals surface area contributed by atoms with E-state index in [9.17, 15) is 35.7 Å². The number of nitrogens with one attached hydrogen (secondary N) is 1. The highest BCUT2D eigenvalue weighted by molar-refractivity contribution is 5.86. The number of aliphatic hydroxyl groups is 7. The molecule has 0 unspecified atom stereocenters. The maximum absolute atomic E-state index is 10.4. The topological polar surface area (TPSA) is 186 Å². The van der Waals surface area contributed by atoms with E-state index in [4.69, 9.17) is 14.2 Å². The molecule has 1 aromatic heterocycles. The van der Waals surface area contributed by atoms with Gasteiger partial charge in [-0.15, -0.1) is 0 Å². The summed E-state index contributed by atoms with van der Waals surface area (Å²) in [4.78, 5) is 0. The van der Waals surface area contributed by atoms with Crippen molar-refractivity contribution in [3.8, 4) is 11.5 Å². The predicted molar refractivity (Wildman–Crippen MR) is 149 cm³/mol. The molecule has 0 spiro atoms. The molecular weight excluding hydrogens is 536 g/mol. The van der Waals surface area contributed by atoms with Gasteiger partial charge in [0, 0.05) is 18.1 Å². The van der Waals surface area contributed by atoms with Gasteiger partial charge in [-0.2, -0.15) is 0 Å². The Morgan fingerprint density at radius 3 is 2.29 bits per heavy atom. The number of nitrogens with zero attached hydrogens (tertiary/aromatic N) is 1. The number of aromatic nitrogens is 1. The number of hydrogen-bond donors (Lipinski definition) is 8. The summed E-state index contributed by atoms with van der Waals surface area (Å²) in [6.45, 7) is -0.112. The lowest BCUT2D eigenvalue weighted by Gasteiger charge is -2.39. The molecule has 0 amide bonds. The maximum atomic E-state index is 10.4. The van der Waals surface area contributed by atoms with Gasteiger partial charge in [0.2, 0.25) is 6.29 Å². The second-order valence-electron chi connectivity index (χ2n) is 10.3. The second kappa shape index (κ2) is 14.4. The Morgan fingerprint density at radius 1 is 0.878 bits per heavy atom. The zero-order valence-electron chi connectivity index (χ0n) is 22.7. The molecule has 0 aliphatic carbocycles. The highest BCUT2D eigenvalue weighted by atomic mass is 16.7. The molecule has 1 aliphatic heterocycles. The van der Waals surface area contributed by atoms with Crippen molar-refractivity contribution in [3.63, 3.8) is 0 Å². The lowest BCUT2D eigenvalue weighted by molar-refractivity contribution is -0.277. The summed E-state index contributed by atoms with van der Waals surface area (Å²) < 4.78 is 19.3. The first-order valence-corrected chi connectivity index (χ1v) is 13.7. The van der Waals surface area contributed by atoms with Crippen molar-refractivity contribution in [2.45, 2.75) is 55.6 Å². The van der Waals surface area contributed by atoms with Gasteiger partial charge in [0.15, 0.2) is 0 Å². The van der Waals surface area contributed by atoms with Gasteiger partial charge in [0.05, 0.1) is 44.1 Å². The van der Waals surface area contributed by atoms with Crippen molar-refractivity contribution in [3.05, 3.63) is 60.3 Å². The minimum absolute atomic E-state index is 0.367. The fraction of sp³-hybridized carbons (Fsp3) is 0.517. The molecule has 2 aromatic carbocycles. The highest BCUT2D eigenvalue weighted by Crippen LogP contribution is 2.31. The number of benzene rings is 2. The van der Waals surface area contributed by atoms with Crippen LogP contribution in [-0.4, -0.2) is 116 Å². The molecule has 5 atom stereocenters. The van der Waals surface area contributed by atoms with Crippen LogP contribution in [0.5, 0.6) is 11.5 Å². The van der Waals surface area contributed by atoms with Crippen molar-refractivity contribution < 1.29 is 50.0 Å². The molecule has 1 saturated heterocycles. The molecule has 41 heavy (non-hydrogen) atoms. The normalized spacial score (nSPS) is 23.1. The van der Waals surface area contributed by atoms with Gasteiger partial charge in [-0.25, -0.2) is 0 Å². The molecule has 0 saturated carbocycles. The van der Waals surface area contributed by atoms with Crippen LogP contribution in [0, 0.1) is 0 Å². The number of fused-ring (bicyclic) bond motifs is 1. The van der Waals surface area contributed by atoms with E-state index in [1.165, 1.54) is 0 Å². The first kappa shape index (κ1) is 31.2. The highest BCUT2D eigenvalue weighted by Gasteiger charge is 2.44. The molecule has 0 radical (unpaired) electrons. The summed E-state index contributed by atoms with van der Waals surface area (Å²) in [5.74, 6) is 1.15. The number of aliphatic hydroxyl groups excluding tert-OH is 7. The summed E-state index contributed by atoms with van der Waals surface area (Å²) in [6.07, 6.45) is -3.54. The van der Waals surface area contributed by atoms with E-state index in [0.29, 0.717) is 44.0 Å². The van der Waals surface area contributed by atoms with E-state index < -0.39 is 42.9 Å². The number of ether oxygens (including phenoxy) is 3. The van der Waals surface area contributed by atoms with Gasteiger partial charge in [-0.3, -0.25) is 0 Å². The Kier molecular flexibility index (Phi) is 10.9. The molecule has 12 heteroatoms. The van der Waals surface area contributed by atoms with E-state index in [1.54, 1.807) is 6.07 Å². The van der Waals surface area contributed by atoms with Crippen molar-refractivity contribution in [2.24, 2.45) is 0 Å². The van der Waals surface area contributed by atoms with Crippen molar-refractivity contribution >= 4 is 10.9 Å². The zero-order chi connectivity index (χ0) is 29.4. The van der Waals surface area contributed by atoms with Gasteiger partial charge >= 0.3 is 0 Å². The Balaban J connectivity index is 1.33. The molecule has 1 fully saturated rings. The minimum Gasteiger partial charge on any atom is -0.494 e. The van der Waals surface area contributed by atoms with Crippen molar-refractivity contribution in [2.75, 3.05) is 39.6 Å². The van der Waals surface area contributed by atoms with E-state index in [-0.39, 0.29) is 19.8 Å². The standard InChI is InChI=1S/C29H40N2O10/c32-15-23-25(36)26(37)27(38)28(41-23)40-22-4-1-3-20-10-13-31(24(20)22)12-9-19-5-7-21(8-6-19)39-14-2-11-30-29(16-33,17-34)18-35/h1,3-8,10,13,23,25-28,30,32-38H,2,9,11-12,14-18H2/t23-,25-,26+,27-,28-/m1/s1. The molecule has 1 aliphatic rings. The maximum Gasteiger partial charge on any atom is 0.229 e. The number of para-hydroxylation sites is 1. The Morgan fingerprint density at radius 2 is 1.61 bits per heavy atom. The zero-order valence-corrected chi connectivity index (χ0v) is 22.7. The summed E-state index contributed by atoms with van der Waals surface area (Å²) >= 11 is 0. The van der Waals surface area contributed by atoms with Crippen LogP contribution in [-0.2, 0) is 17.7 Å². The molecule has 4 rings (SSSR count). The van der Waals surface area contributed by atoms with Gasteiger partial charge in [-0.05, 0) is 49.2 Å². The van der Waals surface area contributed by atoms with Crippen LogP contribution < -0.4 is 14.8 Å². The number of rotatable bonds is 15. The summed E-state index contributed by atoms with van der Waals surface area (Å²) in [6, 6.07) is 15.2. The van der Waals surface area contributed by atoms with Gasteiger partial charge in [0.1, 0.15) is 35.9 Å². The second-order valence-corrected chi connectivity index (χ2v) is 10.3. The van der Waals surface area contributed by atoms with E-state index in [0.717, 1.165) is 16.5 Å². The third-order valence-corrected chi connectivity index (χ3v) is 7.41. The third-order valence-electron chi connectivity index (χ3n) is 7.41. The van der Waals surface area contributed by atoms with Crippen LogP contribution in [0.25, 0.3) is 10.9 Å². The molecule has 2 heterocycles. The first-order chi connectivity index (χ1) is 19.8. The van der Waals surface area contributed by atoms with Crippen LogP contribution in [0.15, 0.2) is 54.7 Å². The van der Waals surface area contributed by atoms with Crippen molar-refractivity contribution in [1.82, 2.24) is 9.88 Å². The lowest BCUT2D eigenvalue weighted by atomic mass is 9.99. The van der Waals surface area contributed by atoms with Crippen molar-refractivity contribution in [1.29, 1.82) is 0 Å². The largest absolute Gasteiger partial charge is 0.494 e. The average molecular weight is 577 g/mol. The molecule has 226 valence electrons. The Hall–Kier alpha value is -2.78. The van der Waals surface area contributed by atoms with Crippen LogP contribution in [0.3, 0.4) is 0 Å². The molecular formula is C29H40N2O10. The molecule has 8 N–H and O–H groups in total. The number of hydrogen-bond acceptors (Lipinski definition) is 11. The fourth-order valence-corrected chi connectivity index (χ4v) is 4.73. The SMILES string of the molecule is OC[C@H]1O[C@@H](Oc2cccc3ccn(CCc4ccc(OCCCNC(CO)(CO)CO)cc4)c23)[C@H](O)[C@@H](O)[C@@H]1O. The van der Waals surface area contributed by atoms with Gasteiger partial charge in [0.25, 0.3) is 0 Å². The van der Waals surface area contributed by atoms with Crippen LogP contribution in [0.4, 0.5) is 0 Å². The fourth-order valence-electron chi connectivity index (χ4n) is 4.73. The lowest BCUT2D eigenvalue weighted by Crippen LogP contribution is -2.60. The monoisotopic (exact) mass is 576 g/mol. The van der Waals surface area contributed by atoms with Crippen LogP contribution >= 0.6 is 0 Å². The summed E-state index contributed by atoms with van der Waals surface area (Å²) in [7, 11) is 0. The van der Waals surface area contributed by atoms with E-state index in [2.05, 4.69) is 5.32 Å². The quantitative estimate of drug-likeness (QED) is 0.105. The molecule has 3 aromatic rings. The average Bonchev–Trinajstić information content (AvgIpc) is 3.43. The van der Waals surface area contributed by atoms with Gasteiger partial charge in [-0.1, -0.05) is 24.3 Å². The Labute approximate surface area is 238 Å². The summed E-state index contributed by atoms with van der Waals surface area (Å²) in [5.41, 5.74) is 0.775. The van der Waals surface area contributed by atoms with Gasteiger partial charge < -0.3 is 59.8 Å². The third kappa shape index (κ3) is 7.36. The smallest absolute Gasteiger partial charge is 0.229 e. The predicted octanol–water partition coefficient (Wildman–Crippen LogP) is -0.863. The molecule has 0 bridgehead atoms. The van der Waals surface area contributed by atoms with Crippen LogP contribution in [0.1, 0.15) is 12.0 Å².